The van der Waals surface area contributed by atoms with Gasteiger partial charge in [-0.2, -0.15) is 4.98 Å². The summed E-state index contributed by atoms with van der Waals surface area (Å²) in [4.78, 5) is 8.46. The van der Waals surface area contributed by atoms with Crippen LogP contribution in [-0.2, 0) is 13.1 Å². The molecule has 102 valence electrons. The Morgan fingerprint density at radius 1 is 1.35 bits per heavy atom. The lowest BCUT2D eigenvalue weighted by atomic mass is 10.3. The van der Waals surface area contributed by atoms with Crippen LogP contribution >= 0.6 is 0 Å². The number of rotatable bonds is 5. The predicted octanol–water partition coefficient (Wildman–Crippen LogP) is 0.491. The Hall–Kier alpha value is -2.61. The van der Waals surface area contributed by atoms with Gasteiger partial charge in [-0.1, -0.05) is 16.4 Å². The third-order valence-corrected chi connectivity index (χ3v) is 2.60. The van der Waals surface area contributed by atoms with E-state index in [1.165, 1.54) is 0 Å². The zero-order chi connectivity index (χ0) is 13.8. The maximum Gasteiger partial charge on any atom is 0.248 e. The molecule has 0 radical (unpaired) electrons. The van der Waals surface area contributed by atoms with Gasteiger partial charge in [-0.3, -0.25) is 4.98 Å². The fourth-order valence-corrected chi connectivity index (χ4v) is 1.73. The van der Waals surface area contributed by atoms with Crippen LogP contribution in [0.4, 0.5) is 0 Å². The first-order valence-corrected chi connectivity index (χ1v) is 6.13. The van der Waals surface area contributed by atoms with Gasteiger partial charge in [0.1, 0.15) is 12.2 Å². The standard InChI is InChI=1S/C12H13N7O/c1-13-6-9-7-19(18-16-9)8-11-15-12(17-20-11)10-4-2-3-5-14-10/h2-5,7,13H,6,8H2,1H3. The zero-order valence-corrected chi connectivity index (χ0v) is 10.9. The van der Waals surface area contributed by atoms with Crippen LogP contribution in [0.15, 0.2) is 35.1 Å². The second-order valence-corrected chi connectivity index (χ2v) is 4.16. The molecule has 0 saturated carbocycles. The number of hydrogen-bond donors (Lipinski definition) is 1. The van der Waals surface area contributed by atoms with Gasteiger partial charge in [-0.15, -0.1) is 5.10 Å². The average molecular weight is 271 g/mol. The van der Waals surface area contributed by atoms with Gasteiger partial charge in [-0.05, 0) is 19.2 Å². The van der Waals surface area contributed by atoms with Gasteiger partial charge in [0.15, 0.2) is 0 Å². The molecule has 20 heavy (non-hydrogen) atoms. The van der Waals surface area contributed by atoms with Gasteiger partial charge in [0.05, 0.1) is 11.9 Å². The Kier molecular flexibility index (Phi) is 3.46. The van der Waals surface area contributed by atoms with Gasteiger partial charge < -0.3 is 9.84 Å². The molecule has 0 aliphatic carbocycles. The fourth-order valence-electron chi connectivity index (χ4n) is 1.73. The van der Waals surface area contributed by atoms with E-state index >= 15 is 0 Å². The summed E-state index contributed by atoms with van der Waals surface area (Å²) in [6.07, 6.45) is 3.52. The van der Waals surface area contributed by atoms with Crippen LogP contribution in [0.3, 0.4) is 0 Å². The maximum atomic E-state index is 5.19. The van der Waals surface area contributed by atoms with Gasteiger partial charge in [0.25, 0.3) is 0 Å². The third kappa shape index (κ3) is 2.69. The van der Waals surface area contributed by atoms with Crippen molar-refractivity contribution in [3.8, 4) is 11.5 Å². The predicted molar refractivity (Wildman–Crippen MR) is 69.4 cm³/mol. The van der Waals surface area contributed by atoms with Crippen LogP contribution in [0.5, 0.6) is 0 Å². The van der Waals surface area contributed by atoms with Crippen molar-refractivity contribution in [2.45, 2.75) is 13.1 Å². The van der Waals surface area contributed by atoms with E-state index in [1.54, 1.807) is 10.9 Å². The molecule has 0 aliphatic heterocycles. The van der Waals surface area contributed by atoms with E-state index in [4.69, 9.17) is 4.52 Å². The first-order chi connectivity index (χ1) is 9.85. The van der Waals surface area contributed by atoms with Crippen molar-refractivity contribution in [3.05, 3.63) is 42.2 Å². The molecule has 0 aromatic carbocycles. The molecule has 0 fully saturated rings. The first-order valence-electron chi connectivity index (χ1n) is 6.13. The molecular formula is C12H13N7O. The summed E-state index contributed by atoms with van der Waals surface area (Å²) >= 11 is 0. The first kappa shape index (κ1) is 12.4. The van der Waals surface area contributed by atoms with E-state index < -0.39 is 0 Å². The van der Waals surface area contributed by atoms with Crippen LogP contribution in [0.25, 0.3) is 11.5 Å². The Labute approximate surface area is 114 Å². The number of hydrogen-bond acceptors (Lipinski definition) is 7. The van der Waals surface area contributed by atoms with Crippen molar-refractivity contribution in [1.29, 1.82) is 0 Å². The smallest absolute Gasteiger partial charge is 0.248 e. The van der Waals surface area contributed by atoms with E-state index in [0.717, 1.165) is 5.69 Å². The topological polar surface area (TPSA) is 94.6 Å². The van der Waals surface area contributed by atoms with Crippen LogP contribution in [0.2, 0.25) is 0 Å². The van der Waals surface area contributed by atoms with Crippen LogP contribution in [0, 0.1) is 0 Å². The number of aromatic nitrogens is 6. The summed E-state index contributed by atoms with van der Waals surface area (Å²) in [5.41, 5.74) is 1.54. The minimum Gasteiger partial charge on any atom is -0.337 e. The summed E-state index contributed by atoms with van der Waals surface area (Å²) in [5.74, 6) is 0.933. The second kappa shape index (κ2) is 5.57. The number of pyridine rings is 1. The second-order valence-electron chi connectivity index (χ2n) is 4.16. The zero-order valence-electron chi connectivity index (χ0n) is 10.9. The lowest BCUT2D eigenvalue weighted by molar-refractivity contribution is 0.364. The molecule has 0 amide bonds. The van der Waals surface area contributed by atoms with Crippen molar-refractivity contribution >= 4 is 0 Å². The SMILES string of the molecule is CNCc1cn(Cc2nc(-c3ccccn3)no2)nn1. The Bertz CT molecular complexity index is 676. The molecule has 3 aromatic rings. The van der Waals surface area contributed by atoms with Crippen LogP contribution in [-0.4, -0.2) is 37.2 Å². The summed E-state index contributed by atoms with van der Waals surface area (Å²) in [7, 11) is 1.86. The van der Waals surface area contributed by atoms with Crippen molar-refractivity contribution in [3.63, 3.8) is 0 Å². The highest BCUT2D eigenvalue weighted by Crippen LogP contribution is 2.12. The minimum atomic E-state index is 0.385. The highest BCUT2D eigenvalue weighted by Gasteiger charge is 2.10. The van der Waals surface area contributed by atoms with Crippen molar-refractivity contribution in [2.75, 3.05) is 7.05 Å². The van der Waals surface area contributed by atoms with Crippen LogP contribution in [0.1, 0.15) is 11.6 Å². The number of nitrogens with zero attached hydrogens (tertiary/aromatic N) is 6. The highest BCUT2D eigenvalue weighted by atomic mass is 16.5. The monoisotopic (exact) mass is 271 g/mol. The molecule has 1 N–H and O–H groups in total. The van der Waals surface area contributed by atoms with E-state index in [1.807, 2.05) is 31.4 Å². The Morgan fingerprint density at radius 3 is 3.10 bits per heavy atom. The van der Waals surface area contributed by atoms with E-state index in [9.17, 15) is 0 Å². The molecule has 3 rings (SSSR count). The normalized spacial score (nSPS) is 10.8. The fraction of sp³-hybridized carbons (Fsp3) is 0.250. The molecule has 8 nitrogen and oxygen atoms in total. The van der Waals surface area contributed by atoms with Gasteiger partial charge in [0.2, 0.25) is 11.7 Å². The molecule has 0 unspecified atom stereocenters. The molecule has 3 heterocycles. The summed E-state index contributed by atoms with van der Waals surface area (Å²) in [6, 6.07) is 5.54. The van der Waals surface area contributed by atoms with Crippen molar-refractivity contribution in [1.82, 2.24) is 35.4 Å². The third-order valence-electron chi connectivity index (χ3n) is 2.60. The van der Waals surface area contributed by atoms with Gasteiger partial charge in [0, 0.05) is 12.7 Å². The Morgan fingerprint density at radius 2 is 2.30 bits per heavy atom. The molecule has 3 aromatic heterocycles. The molecule has 0 spiro atoms. The lowest BCUT2D eigenvalue weighted by Gasteiger charge is -1.93. The largest absolute Gasteiger partial charge is 0.337 e. The summed E-state index contributed by atoms with van der Waals surface area (Å²) in [6.45, 7) is 1.06. The van der Waals surface area contributed by atoms with E-state index in [0.29, 0.717) is 30.5 Å². The molecule has 0 aliphatic rings. The summed E-state index contributed by atoms with van der Waals surface area (Å²) < 4.78 is 6.84. The molecule has 0 saturated heterocycles. The quantitative estimate of drug-likeness (QED) is 0.721. The number of nitrogens with one attached hydrogen (secondary N) is 1. The van der Waals surface area contributed by atoms with Gasteiger partial charge in [-0.25, -0.2) is 4.68 Å². The molecule has 8 heteroatoms. The average Bonchev–Trinajstić information content (AvgIpc) is 3.11. The van der Waals surface area contributed by atoms with Crippen LogP contribution < -0.4 is 5.32 Å². The van der Waals surface area contributed by atoms with E-state index in [-0.39, 0.29) is 0 Å². The lowest BCUT2D eigenvalue weighted by Crippen LogP contribution is -2.05. The Balaban J connectivity index is 1.73. The van der Waals surface area contributed by atoms with Crippen molar-refractivity contribution < 1.29 is 4.52 Å². The maximum absolute atomic E-state index is 5.19. The molecule has 0 bridgehead atoms. The summed E-state index contributed by atoms with van der Waals surface area (Å²) in [5, 5.41) is 14.9. The molecule has 0 atom stereocenters. The van der Waals surface area contributed by atoms with E-state index in [2.05, 4.69) is 30.8 Å². The molecular weight excluding hydrogens is 258 g/mol. The minimum absolute atomic E-state index is 0.385. The van der Waals surface area contributed by atoms with Gasteiger partial charge >= 0.3 is 0 Å². The van der Waals surface area contributed by atoms with Crippen molar-refractivity contribution in [2.24, 2.45) is 0 Å². The highest BCUT2D eigenvalue weighted by molar-refractivity contribution is 5.46.